The standard InChI is InChI=1S/C9H14ClNO2/c1-2-5-8(10)11-13-9-6-3-4-7-12-9/h2,5,9H,3-4,6-7H2,1H3/b5-2-,11-8+. The van der Waals surface area contributed by atoms with E-state index in [0.29, 0.717) is 5.17 Å². The van der Waals surface area contributed by atoms with E-state index >= 15 is 0 Å². The SMILES string of the molecule is C/C=C\C(Cl)=N/OC1CCCCO1. The first-order chi connectivity index (χ1) is 6.33. The normalized spacial score (nSPS) is 25.1. The lowest BCUT2D eigenvalue weighted by molar-refractivity contribution is -0.161. The van der Waals surface area contributed by atoms with Crippen molar-refractivity contribution in [1.29, 1.82) is 0 Å². The van der Waals surface area contributed by atoms with Gasteiger partial charge >= 0.3 is 0 Å². The van der Waals surface area contributed by atoms with Gasteiger partial charge in [0.25, 0.3) is 0 Å². The molecule has 1 fully saturated rings. The first-order valence-corrected chi connectivity index (χ1v) is 4.84. The molecule has 1 aliphatic heterocycles. The molecule has 1 heterocycles. The van der Waals surface area contributed by atoms with Crippen LogP contribution in [0, 0.1) is 0 Å². The second-order valence-electron chi connectivity index (χ2n) is 2.82. The predicted molar refractivity (Wildman–Crippen MR) is 52.8 cm³/mol. The maximum Gasteiger partial charge on any atom is 0.226 e. The van der Waals surface area contributed by atoms with Crippen LogP contribution < -0.4 is 0 Å². The molecule has 0 bridgehead atoms. The Kier molecular flexibility index (Phi) is 4.86. The lowest BCUT2D eigenvalue weighted by Gasteiger charge is -2.19. The Hall–Kier alpha value is -0.540. The molecule has 74 valence electrons. The van der Waals surface area contributed by atoms with E-state index in [4.69, 9.17) is 21.2 Å². The highest BCUT2D eigenvalue weighted by molar-refractivity contribution is 6.68. The average Bonchev–Trinajstić information content (AvgIpc) is 2.17. The van der Waals surface area contributed by atoms with Crippen molar-refractivity contribution in [3.05, 3.63) is 12.2 Å². The maximum absolute atomic E-state index is 5.68. The van der Waals surface area contributed by atoms with Gasteiger partial charge in [-0.05, 0) is 25.8 Å². The van der Waals surface area contributed by atoms with Gasteiger partial charge in [-0.3, -0.25) is 0 Å². The van der Waals surface area contributed by atoms with E-state index in [1.807, 2.05) is 6.92 Å². The van der Waals surface area contributed by atoms with Crippen molar-refractivity contribution in [3.63, 3.8) is 0 Å². The summed E-state index contributed by atoms with van der Waals surface area (Å²) in [5.74, 6) is 0. The lowest BCUT2D eigenvalue weighted by Crippen LogP contribution is -2.20. The van der Waals surface area contributed by atoms with Crippen molar-refractivity contribution in [3.8, 4) is 0 Å². The van der Waals surface area contributed by atoms with Crippen molar-refractivity contribution in [1.82, 2.24) is 0 Å². The fourth-order valence-corrected chi connectivity index (χ4v) is 1.24. The number of nitrogens with zero attached hydrogens (tertiary/aromatic N) is 1. The van der Waals surface area contributed by atoms with E-state index < -0.39 is 0 Å². The molecule has 0 saturated carbocycles. The third kappa shape index (κ3) is 4.29. The molecule has 0 amide bonds. The van der Waals surface area contributed by atoms with E-state index in [1.165, 1.54) is 0 Å². The van der Waals surface area contributed by atoms with Crippen LogP contribution in [0.25, 0.3) is 0 Å². The van der Waals surface area contributed by atoms with E-state index in [-0.39, 0.29) is 6.29 Å². The van der Waals surface area contributed by atoms with Gasteiger partial charge in [-0.25, -0.2) is 0 Å². The minimum atomic E-state index is -0.215. The Morgan fingerprint density at radius 1 is 1.62 bits per heavy atom. The van der Waals surface area contributed by atoms with Gasteiger partial charge < -0.3 is 9.57 Å². The van der Waals surface area contributed by atoms with Gasteiger partial charge in [0.2, 0.25) is 6.29 Å². The summed E-state index contributed by atoms with van der Waals surface area (Å²) in [4.78, 5) is 5.08. The van der Waals surface area contributed by atoms with Gasteiger partial charge in [0.05, 0.1) is 6.61 Å². The number of hydrogen-bond acceptors (Lipinski definition) is 3. The molecule has 0 radical (unpaired) electrons. The smallest absolute Gasteiger partial charge is 0.226 e. The van der Waals surface area contributed by atoms with Crippen LogP contribution in [0.1, 0.15) is 26.2 Å². The third-order valence-electron chi connectivity index (χ3n) is 1.70. The first-order valence-electron chi connectivity index (χ1n) is 4.46. The molecule has 1 atom stereocenters. The molecule has 0 aromatic rings. The van der Waals surface area contributed by atoms with E-state index in [0.717, 1.165) is 25.9 Å². The van der Waals surface area contributed by atoms with Gasteiger partial charge in [0.1, 0.15) is 0 Å². The summed E-state index contributed by atoms with van der Waals surface area (Å²) < 4.78 is 5.29. The molecule has 1 saturated heterocycles. The number of halogens is 1. The first kappa shape index (κ1) is 10.5. The van der Waals surface area contributed by atoms with Crippen molar-refractivity contribution in [2.45, 2.75) is 32.5 Å². The van der Waals surface area contributed by atoms with Crippen LogP contribution in [0.2, 0.25) is 0 Å². The summed E-state index contributed by atoms with van der Waals surface area (Å²) in [5.41, 5.74) is 0. The average molecular weight is 204 g/mol. The van der Waals surface area contributed by atoms with Gasteiger partial charge in [-0.2, -0.15) is 0 Å². The Bertz CT molecular complexity index is 198. The van der Waals surface area contributed by atoms with Gasteiger partial charge in [0.15, 0.2) is 5.17 Å². The van der Waals surface area contributed by atoms with Crippen LogP contribution in [-0.2, 0) is 9.57 Å². The summed E-state index contributed by atoms with van der Waals surface area (Å²) in [7, 11) is 0. The third-order valence-corrected chi connectivity index (χ3v) is 1.89. The fourth-order valence-electron chi connectivity index (χ4n) is 1.07. The van der Waals surface area contributed by atoms with E-state index in [1.54, 1.807) is 12.2 Å². The lowest BCUT2D eigenvalue weighted by atomic mass is 10.2. The minimum absolute atomic E-state index is 0.215. The summed E-state index contributed by atoms with van der Waals surface area (Å²) in [6.45, 7) is 2.62. The largest absolute Gasteiger partial charge is 0.362 e. The van der Waals surface area contributed by atoms with Crippen molar-refractivity contribution < 1.29 is 9.57 Å². The fraction of sp³-hybridized carbons (Fsp3) is 0.667. The van der Waals surface area contributed by atoms with Crippen LogP contribution >= 0.6 is 11.6 Å². The maximum atomic E-state index is 5.68. The summed E-state index contributed by atoms with van der Waals surface area (Å²) >= 11 is 5.68. The van der Waals surface area contributed by atoms with Crippen LogP contribution in [0.3, 0.4) is 0 Å². The molecule has 0 aromatic heterocycles. The van der Waals surface area contributed by atoms with Crippen molar-refractivity contribution in [2.75, 3.05) is 6.61 Å². The van der Waals surface area contributed by atoms with Crippen molar-refractivity contribution in [2.24, 2.45) is 5.16 Å². The quantitative estimate of drug-likeness (QED) is 0.522. The van der Waals surface area contributed by atoms with Crippen LogP contribution in [0.4, 0.5) is 0 Å². The molecule has 1 aliphatic rings. The summed E-state index contributed by atoms with van der Waals surface area (Å²) in [6, 6.07) is 0. The molecule has 13 heavy (non-hydrogen) atoms. The molecule has 0 N–H and O–H groups in total. The Morgan fingerprint density at radius 2 is 2.46 bits per heavy atom. The zero-order chi connectivity index (χ0) is 9.52. The van der Waals surface area contributed by atoms with Crippen LogP contribution in [0.15, 0.2) is 17.3 Å². The van der Waals surface area contributed by atoms with Crippen molar-refractivity contribution >= 4 is 16.8 Å². The predicted octanol–water partition coefficient (Wildman–Crippen LogP) is 2.66. The monoisotopic (exact) mass is 203 g/mol. The molecule has 0 aliphatic carbocycles. The highest BCUT2D eigenvalue weighted by Gasteiger charge is 2.14. The number of allylic oxidation sites excluding steroid dienone is 2. The zero-order valence-electron chi connectivity index (χ0n) is 7.70. The molecule has 3 nitrogen and oxygen atoms in total. The molecule has 1 rings (SSSR count). The number of rotatable bonds is 3. The molecule has 1 unspecified atom stereocenters. The molecule has 0 spiro atoms. The zero-order valence-corrected chi connectivity index (χ0v) is 8.46. The highest BCUT2D eigenvalue weighted by Crippen LogP contribution is 2.13. The van der Waals surface area contributed by atoms with E-state index in [2.05, 4.69) is 5.16 Å². The highest BCUT2D eigenvalue weighted by atomic mass is 35.5. The Morgan fingerprint density at radius 3 is 3.08 bits per heavy atom. The van der Waals surface area contributed by atoms with Gasteiger partial charge in [-0.15, -0.1) is 0 Å². The Balaban J connectivity index is 2.27. The van der Waals surface area contributed by atoms with Gasteiger partial charge in [0, 0.05) is 6.42 Å². The minimum Gasteiger partial charge on any atom is -0.362 e. The topological polar surface area (TPSA) is 30.8 Å². The number of ether oxygens (including phenoxy) is 1. The van der Waals surface area contributed by atoms with Crippen LogP contribution in [-0.4, -0.2) is 18.1 Å². The summed E-state index contributed by atoms with van der Waals surface area (Å²) in [5, 5.41) is 4.05. The second-order valence-corrected chi connectivity index (χ2v) is 3.20. The second kappa shape index (κ2) is 6.00. The van der Waals surface area contributed by atoms with Crippen LogP contribution in [0.5, 0.6) is 0 Å². The molecule has 0 aromatic carbocycles. The molecule has 4 heteroatoms. The molecular formula is C9H14ClNO2. The van der Waals surface area contributed by atoms with Gasteiger partial charge in [-0.1, -0.05) is 22.8 Å². The molecular weight excluding hydrogens is 190 g/mol. The number of hydrogen-bond donors (Lipinski definition) is 0. The Labute approximate surface area is 83.3 Å². The summed E-state index contributed by atoms with van der Waals surface area (Å²) in [6.07, 6.45) is 6.38. The van der Waals surface area contributed by atoms with E-state index in [9.17, 15) is 0 Å². The number of oxime groups is 1.